The number of para-hydroxylation sites is 1. The zero-order valence-corrected chi connectivity index (χ0v) is 19.9. The maximum Gasteiger partial charge on any atom is 0.258 e. The SMILES string of the molecule is Cc1c(NC(=S)NC(=O)c2cccc3c(Cl)cccc23)cccc1-c1nc2ccccc2s1. The van der Waals surface area contributed by atoms with Crippen molar-refractivity contribution in [2.75, 3.05) is 5.32 Å². The van der Waals surface area contributed by atoms with Crippen molar-refractivity contribution in [2.24, 2.45) is 0 Å². The Morgan fingerprint density at radius 2 is 1.70 bits per heavy atom. The molecule has 1 amide bonds. The number of nitrogens with zero attached hydrogens (tertiary/aromatic N) is 1. The normalized spacial score (nSPS) is 11.0. The third kappa shape index (κ3) is 4.20. The summed E-state index contributed by atoms with van der Waals surface area (Å²) in [5, 5.41) is 9.33. The molecule has 0 aliphatic rings. The summed E-state index contributed by atoms with van der Waals surface area (Å²) < 4.78 is 1.14. The predicted octanol–water partition coefficient (Wildman–Crippen LogP) is 7.21. The summed E-state index contributed by atoms with van der Waals surface area (Å²) in [4.78, 5) is 17.7. The molecule has 0 spiro atoms. The lowest BCUT2D eigenvalue weighted by Crippen LogP contribution is -2.34. The van der Waals surface area contributed by atoms with E-state index in [9.17, 15) is 4.79 Å². The van der Waals surface area contributed by atoms with Gasteiger partial charge < -0.3 is 5.32 Å². The fourth-order valence-corrected chi connectivity index (χ4v) is 5.27. The standard InChI is InChI=1S/C26H18ClN3OS2/c1-15-16(25-28-22-12-2-3-14-23(22)33-25)7-6-13-21(15)29-26(32)30-24(31)19-10-4-9-18-17(19)8-5-11-20(18)27/h2-14H,1H3,(H2,29,30,31,32). The Morgan fingerprint density at radius 1 is 0.939 bits per heavy atom. The average molecular weight is 488 g/mol. The first kappa shape index (κ1) is 21.5. The first-order valence-electron chi connectivity index (χ1n) is 10.3. The van der Waals surface area contributed by atoms with Crippen LogP contribution in [0.25, 0.3) is 31.6 Å². The van der Waals surface area contributed by atoms with E-state index in [1.807, 2.05) is 67.6 Å². The summed E-state index contributed by atoms with van der Waals surface area (Å²) in [5.41, 5.74) is 4.34. The van der Waals surface area contributed by atoms with Crippen LogP contribution in [0.1, 0.15) is 15.9 Å². The fourth-order valence-electron chi connectivity index (χ4n) is 3.78. The number of anilines is 1. The van der Waals surface area contributed by atoms with E-state index in [1.54, 1.807) is 23.5 Å². The van der Waals surface area contributed by atoms with Crippen molar-refractivity contribution in [1.29, 1.82) is 0 Å². The van der Waals surface area contributed by atoms with Crippen LogP contribution in [0.15, 0.2) is 78.9 Å². The molecule has 0 radical (unpaired) electrons. The number of hydrogen-bond donors (Lipinski definition) is 2. The third-order valence-electron chi connectivity index (χ3n) is 5.45. The van der Waals surface area contributed by atoms with Gasteiger partial charge in [0.25, 0.3) is 5.91 Å². The fraction of sp³-hybridized carbons (Fsp3) is 0.0385. The van der Waals surface area contributed by atoms with Crippen molar-refractivity contribution in [3.05, 3.63) is 95.0 Å². The first-order chi connectivity index (χ1) is 16.0. The lowest BCUT2D eigenvalue weighted by atomic mass is 10.0. The van der Waals surface area contributed by atoms with Crippen LogP contribution in [0, 0.1) is 6.92 Å². The lowest BCUT2D eigenvalue weighted by molar-refractivity contribution is 0.0979. The summed E-state index contributed by atoms with van der Waals surface area (Å²) >= 11 is 13.4. The van der Waals surface area contributed by atoms with Gasteiger partial charge in [0.15, 0.2) is 5.11 Å². The molecule has 0 aliphatic heterocycles. The quantitative estimate of drug-likeness (QED) is 0.264. The van der Waals surface area contributed by atoms with E-state index >= 15 is 0 Å². The van der Waals surface area contributed by atoms with E-state index in [4.69, 9.17) is 28.8 Å². The number of nitrogens with one attached hydrogen (secondary N) is 2. The second kappa shape index (κ2) is 8.90. The van der Waals surface area contributed by atoms with E-state index in [1.165, 1.54) is 0 Å². The molecule has 1 heterocycles. The molecule has 0 saturated heterocycles. The van der Waals surface area contributed by atoms with E-state index in [2.05, 4.69) is 16.7 Å². The Morgan fingerprint density at radius 3 is 2.55 bits per heavy atom. The molecule has 5 rings (SSSR count). The van der Waals surface area contributed by atoms with Crippen LogP contribution in [-0.4, -0.2) is 16.0 Å². The molecule has 4 nitrogen and oxygen atoms in total. The lowest BCUT2D eigenvalue weighted by Gasteiger charge is -2.14. The van der Waals surface area contributed by atoms with Gasteiger partial charge in [-0.2, -0.15) is 0 Å². The topological polar surface area (TPSA) is 54.0 Å². The second-order valence-electron chi connectivity index (χ2n) is 7.51. The highest BCUT2D eigenvalue weighted by Gasteiger charge is 2.15. The number of rotatable bonds is 3. The number of thiazole rings is 1. The molecule has 0 saturated carbocycles. The number of halogens is 1. The van der Waals surface area contributed by atoms with Crippen molar-refractivity contribution >= 4 is 72.9 Å². The van der Waals surface area contributed by atoms with Crippen molar-refractivity contribution < 1.29 is 4.79 Å². The molecule has 162 valence electrons. The molecular weight excluding hydrogens is 470 g/mol. The molecule has 0 fully saturated rings. The van der Waals surface area contributed by atoms with Gasteiger partial charge in [-0.1, -0.05) is 60.1 Å². The van der Waals surface area contributed by atoms with Crippen molar-refractivity contribution in [1.82, 2.24) is 10.3 Å². The molecule has 0 aliphatic carbocycles. The van der Waals surface area contributed by atoms with Crippen LogP contribution < -0.4 is 10.6 Å². The van der Waals surface area contributed by atoms with Crippen LogP contribution in [0.4, 0.5) is 5.69 Å². The monoisotopic (exact) mass is 487 g/mol. The number of thiocarbonyl (C=S) groups is 1. The summed E-state index contributed by atoms with van der Waals surface area (Å²) in [5.74, 6) is -0.291. The van der Waals surface area contributed by atoms with Gasteiger partial charge in [-0.05, 0) is 60.4 Å². The summed E-state index contributed by atoms with van der Waals surface area (Å²) in [6, 6.07) is 25.0. The minimum atomic E-state index is -0.291. The minimum absolute atomic E-state index is 0.226. The third-order valence-corrected chi connectivity index (χ3v) is 7.05. The molecule has 4 aromatic carbocycles. The number of hydrogen-bond acceptors (Lipinski definition) is 4. The van der Waals surface area contributed by atoms with Gasteiger partial charge in [-0.15, -0.1) is 11.3 Å². The van der Waals surface area contributed by atoms with E-state index in [0.29, 0.717) is 10.6 Å². The Hall–Kier alpha value is -3.32. The number of fused-ring (bicyclic) bond motifs is 2. The number of carbonyl (C=O) groups is 1. The maximum atomic E-state index is 13.0. The molecule has 5 aromatic rings. The van der Waals surface area contributed by atoms with Gasteiger partial charge in [0.2, 0.25) is 0 Å². The maximum absolute atomic E-state index is 13.0. The zero-order valence-electron chi connectivity index (χ0n) is 17.6. The molecule has 0 unspecified atom stereocenters. The molecule has 7 heteroatoms. The predicted molar refractivity (Wildman–Crippen MR) is 142 cm³/mol. The summed E-state index contributed by atoms with van der Waals surface area (Å²) in [7, 11) is 0. The van der Waals surface area contributed by atoms with Crippen molar-refractivity contribution in [3.63, 3.8) is 0 Å². The van der Waals surface area contributed by atoms with Crippen LogP contribution in [0.3, 0.4) is 0 Å². The number of amides is 1. The Bertz CT molecular complexity index is 1510. The number of aromatic nitrogens is 1. The summed E-state index contributed by atoms with van der Waals surface area (Å²) in [6.07, 6.45) is 0. The zero-order chi connectivity index (χ0) is 22.9. The molecule has 2 N–H and O–H groups in total. The van der Waals surface area contributed by atoms with E-state index < -0.39 is 0 Å². The van der Waals surface area contributed by atoms with Crippen LogP contribution >= 0.6 is 35.2 Å². The summed E-state index contributed by atoms with van der Waals surface area (Å²) in [6.45, 7) is 2.01. The first-order valence-corrected chi connectivity index (χ1v) is 11.9. The highest BCUT2D eigenvalue weighted by Crippen LogP contribution is 2.34. The molecule has 0 atom stereocenters. The Kier molecular flexibility index (Phi) is 5.81. The molecule has 0 bridgehead atoms. The van der Waals surface area contributed by atoms with E-state index in [0.717, 1.165) is 42.8 Å². The highest BCUT2D eigenvalue weighted by molar-refractivity contribution is 7.80. The average Bonchev–Trinajstić information content (AvgIpc) is 3.24. The molecule has 33 heavy (non-hydrogen) atoms. The Balaban J connectivity index is 1.38. The Labute approximate surface area is 205 Å². The van der Waals surface area contributed by atoms with Gasteiger partial charge in [0.05, 0.1) is 10.2 Å². The van der Waals surface area contributed by atoms with Crippen LogP contribution in [0.5, 0.6) is 0 Å². The van der Waals surface area contributed by atoms with Gasteiger partial charge in [0.1, 0.15) is 5.01 Å². The minimum Gasteiger partial charge on any atom is -0.332 e. The van der Waals surface area contributed by atoms with Gasteiger partial charge in [0, 0.05) is 27.2 Å². The van der Waals surface area contributed by atoms with Crippen LogP contribution in [-0.2, 0) is 0 Å². The van der Waals surface area contributed by atoms with Gasteiger partial charge in [-0.25, -0.2) is 4.98 Å². The van der Waals surface area contributed by atoms with Gasteiger partial charge >= 0.3 is 0 Å². The number of benzene rings is 4. The van der Waals surface area contributed by atoms with Crippen LogP contribution in [0.2, 0.25) is 5.02 Å². The van der Waals surface area contributed by atoms with Crippen molar-refractivity contribution in [2.45, 2.75) is 6.92 Å². The van der Waals surface area contributed by atoms with Crippen molar-refractivity contribution in [3.8, 4) is 10.6 Å². The largest absolute Gasteiger partial charge is 0.332 e. The highest BCUT2D eigenvalue weighted by atomic mass is 35.5. The number of carbonyl (C=O) groups excluding carboxylic acids is 1. The molecule has 1 aromatic heterocycles. The second-order valence-corrected chi connectivity index (χ2v) is 9.36. The van der Waals surface area contributed by atoms with E-state index in [-0.39, 0.29) is 11.0 Å². The van der Waals surface area contributed by atoms with Gasteiger partial charge in [-0.3, -0.25) is 10.1 Å². The smallest absolute Gasteiger partial charge is 0.258 e. The molecular formula is C26H18ClN3OS2.